The summed E-state index contributed by atoms with van der Waals surface area (Å²) in [7, 11) is 0. The lowest BCUT2D eigenvalue weighted by Gasteiger charge is -2.26. The smallest absolute Gasteiger partial charge is 0.256 e. The zero-order valence-electron chi connectivity index (χ0n) is 9.74. The van der Waals surface area contributed by atoms with E-state index in [1.807, 2.05) is 19.9 Å². The first-order valence-electron chi connectivity index (χ1n) is 5.34. The third kappa shape index (κ3) is 4.05. The van der Waals surface area contributed by atoms with E-state index in [1.54, 1.807) is 4.90 Å². The van der Waals surface area contributed by atoms with Crippen LogP contribution in [0, 0.1) is 0 Å². The van der Waals surface area contributed by atoms with Crippen molar-refractivity contribution in [2.24, 2.45) is 0 Å². The van der Waals surface area contributed by atoms with Crippen LogP contribution in [-0.4, -0.2) is 35.1 Å². The van der Waals surface area contributed by atoms with Gasteiger partial charge in [0.25, 0.3) is 5.91 Å². The van der Waals surface area contributed by atoms with Crippen molar-refractivity contribution in [2.45, 2.75) is 26.3 Å². The fourth-order valence-corrected chi connectivity index (χ4v) is 4.25. The lowest BCUT2D eigenvalue weighted by atomic mass is 10.2. The Morgan fingerprint density at radius 3 is 2.59 bits per heavy atom. The topological polar surface area (TPSA) is 40.5 Å². The SMILES string of the molecule is CC(C)N(CCCO)C(=O)c1cc(Br)sc1Br. The van der Waals surface area contributed by atoms with Gasteiger partial charge in [0.2, 0.25) is 0 Å². The fraction of sp³-hybridized carbons (Fsp3) is 0.545. The number of hydrogen-bond acceptors (Lipinski definition) is 3. The van der Waals surface area contributed by atoms with Crippen LogP contribution in [0.5, 0.6) is 0 Å². The summed E-state index contributed by atoms with van der Waals surface area (Å²) in [6.07, 6.45) is 0.604. The highest BCUT2D eigenvalue weighted by Crippen LogP contribution is 2.32. The lowest BCUT2D eigenvalue weighted by Crippen LogP contribution is -2.38. The van der Waals surface area contributed by atoms with E-state index >= 15 is 0 Å². The summed E-state index contributed by atoms with van der Waals surface area (Å²) in [5, 5.41) is 8.86. The largest absolute Gasteiger partial charge is 0.396 e. The van der Waals surface area contributed by atoms with Gasteiger partial charge < -0.3 is 10.0 Å². The molecule has 0 aromatic carbocycles. The molecule has 0 aliphatic heterocycles. The van der Waals surface area contributed by atoms with E-state index in [4.69, 9.17) is 5.11 Å². The average molecular weight is 385 g/mol. The van der Waals surface area contributed by atoms with E-state index in [2.05, 4.69) is 31.9 Å². The highest BCUT2D eigenvalue weighted by Gasteiger charge is 2.22. The second-order valence-electron chi connectivity index (χ2n) is 3.91. The van der Waals surface area contributed by atoms with E-state index in [1.165, 1.54) is 11.3 Å². The fourth-order valence-electron chi connectivity index (χ4n) is 1.48. The Kier molecular flexibility index (Phi) is 6.12. The molecule has 1 heterocycles. The van der Waals surface area contributed by atoms with Crippen LogP contribution in [0.3, 0.4) is 0 Å². The quantitative estimate of drug-likeness (QED) is 0.843. The molecule has 1 aromatic heterocycles. The van der Waals surface area contributed by atoms with Crippen LogP contribution in [0.2, 0.25) is 0 Å². The summed E-state index contributed by atoms with van der Waals surface area (Å²) >= 11 is 8.25. The molecular weight excluding hydrogens is 370 g/mol. The number of halogens is 2. The maximum atomic E-state index is 12.3. The van der Waals surface area contributed by atoms with Gasteiger partial charge in [-0.1, -0.05) is 0 Å². The molecule has 0 saturated heterocycles. The first kappa shape index (κ1) is 15.1. The molecule has 0 aliphatic carbocycles. The Labute approximate surface area is 122 Å². The molecule has 0 aliphatic rings. The Morgan fingerprint density at radius 1 is 1.53 bits per heavy atom. The molecule has 1 N–H and O–H groups in total. The van der Waals surface area contributed by atoms with Crippen LogP contribution < -0.4 is 0 Å². The van der Waals surface area contributed by atoms with Crippen molar-refractivity contribution in [3.63, 3.8) is 0 Å². The summed E-state index contributed by atoms with van der Waals surface area (Å²) in [6.45, 7) is 4.63. The number of carbonyl (C=O) groups excluding carboxylic acids is 1. The second kappa shape index (κ2) is 6.87. The minimum atomic E-state index is 0.00211. The number of amides is 1. The zero-order chi connectivity index (χ0) is 13.0. The maximum Gasteiger partial charge on any atom is 0.256 e. The first-order chi connectivity index (χ1) is 7.97. The average Bonchev–Trinajstić information content (AvgIpc) is 2.57. The predicted molar refractivity (Wildman–Crippen MR) is 77.6 cm³/mol. The van der Waals surface area contributed by atoms with Crippen LogP contribution >= 0.6 is 43.2 Å². The van der Waals surface area contributed by atoms with E-state index in [0.29, 0.717) is 18.5 Å². The van der Waals surface area contributed by atoms with E-state index in [-0.39, 0.29) is 18.6 Å². The van der Waals surface area contributed by atoms with Crippen molar-refractivity contribution >= 4 is 49.1 Å². The first-order valence-corrected chi connectivity index (χ1v) is 7.74. The van der Waals surface area contributed by atoms with Crippen molar-refractivity contribution in [2.75, 3.05) is 13.2 Å². The van der Waals surface area contributed by atoms with Gasteiger partial charge in [0.1, 0.15) is 0 Å². The second-order valence-corrected chi connectivity index (χ2v) is 7.66. The van der Waals surface area contributed by atoms with Crippen LogP contribution in [0.1, 0.15) is 30.6 Å². The molecule has 17 heavy (non-hydrogen) atoms. The minimum absolute atomic E-state index is 0.00211. The summed E-state index contributed by atoms with van der Waals surface area (Å²) in [4.78, 5) is 14.1. The molecule has 96 valence electrons. The summed E-state index contributed by atoms with van der Waals surface area (Å²) in [5.74, 6) is 0.00211. The van der Waals surface area contributed by atoms with Crippen molar-refractivity contribution in [1.82, 2.24) is 4.90 Å². The van der Waals surface area contributed by atoms with E-state index in [0.717, 1.165) is 7.57 Å². The molecule has 1 amide bonds. The Balaban J connectivity index is 2.87. The van der Waals surface area contributed by atoms with Crippen molar-refractivity contribution in [3.8, 4) is 0 Å². The minimum Gasteiger partial charge on any atom is -0.396 e. The Bertz CT molecular complexity index is 393. The molecule has 0 bridgehead atoms. The predicted octanol–water partition coefficient (Wildman–Crippen LogP) is 3.51. The van der Waals surface area contributed by atoms with Gasteiger partial charge in [-0.05, 0) is 58.2 Å². The molecule has 1 rings (SSSR count). The molecule has 0 atom stereocenters. The lowest BCUT2D eigenvalue weighted by molar-refractivity contribution is 0.0693. The van der Waals surface area contributed by atoms with Gasteiger partial charge in [0, 0.05) is 19.2 Å². The molecule has 1 aromatic rings. The monoisotopic (exact) mass is 383 g/mol. The maximum absolute atomic E-state index is 12.3. The van der Waals surface area contributed by atoms with Crippen LogP contribution in [0.4, 0.5) is 0 Å². The normalized spacial score (nSPS) is 10.9. The van der Waals surface area contributed by atoms with Gasteiger partial charge in [-0.15, -0.1) is 11.3 Å². The van der Waals surface area contributed by atoms with E-state index < -0.39 is 0 Å². The van der Waals surface area contributed by atoms with Crippen LogP contribution in [0.25, 0.3) is 0 Å². The van der Waals surface area contributed by atoms with Crippen molar-refractivity contribution in [1.29, 1.82) is 0 Å². The van der Waals surface area contributed by atoms with Gasteiger partial charge >= 0.3 is 0 Å². The molecule has 0 spiro atoms. The van der Waals surface area contributed by atoms with Crippen molar-refractivity contribution < 1.29 is 9.90 Å². The van der Waals surface area contributed by atoms with Gasteiger partial charge in [-0.3, -0.25) is 4.79 Å². The van der Waals surface area contributed by atoms with E-state index in [9.17, 15) is 4.79 Å². The van der Waals surface area contributed by atoms with Gasteiger partial charge in [-0.2, -0.15) is 0 Å². The molecular formula is C11H15Br2NO2S. The molecule has 0 unspecified atom stereocenters. The van der Waals surface area contributed by atoms with Crippen LogP contribution in [0.15, 0.2) is 13.6 Å². The van der Waals surface area contributed by atoms with Crippen molar-refractivity contribution in [3.05, 3.63) is 19.2 Å². The molecule has 3 nitrogen and oxygen atoms in total. The number of aliphatic hydroxyl groups is 1. The summed E-state index contributed by atoms with van der Waals surface area (Å²) < 4.78 is 1.77. The summed E-state index contributed by atoms with van der Waals surface area (Å²) in [5.41, 5.74) is 0.675. The molecule has 6 heteroatoms. The third-order valence-electron chi connectivity index (χ3n) is 2.33. The summed E-state index contributed by atoms with van der Waals surface area (Å²) in [6, 6.07) is 1.95. The highest BCUT2D eigenvalue weighted by atomic mass is 79.9. The number of thiophene rings is 1. The number of rotatable bonds is 5. The standard InChI is InChI=1S/C11H15Br2NO2S/c1-7(2)14(4-3-5-15)11(16)8-6-9(12)17-10(8)13/h6-7,15H,3-5H2,1-2H3. The Morgan fingerprint density at radius 2 is 2.18 bits per heavy atom. The third-order valence-corrected chi connectivity index (χ3v) is 4.67. The van der Waals surface area contributed by atoms with Gasteiger partial charge in [0.05, 0.1) is 13.1 Å². The molecule has 0 radical (unpaired) electrons. The molecule has 0 saturated carbocycles. The number of aliphatic hydroxyl groups excluding tert-OH is 1. The number of hydrogen-bond donors (Lipinski definition) is 1. The number of carbonyl (C=O) groups is 1. The highest BCUT2D eigenvalue weighted by molar-refractivity contribution is 9.12. The Hall–Kier alpha value is 0.0900. The van der Waals surface area contributed by atoms with Gasteiger partial charge in [-0.25, -0.2) is 0 Å². The zero-order valence-corrected chi connectivity index (χ0v) is 13.7. The molecule has 0 fully saturated rings. The van der Waals surface area contributed by atoms with Gasteiger partial charge in [0.15, 0.2) is 0 Å². The number of nitrogens with zero attached hydrogens (tertiary/aromatic N) is 1. The van der Waals surface area contributed by atoms with Crippen LogP contribution in [-0.2, 0) is 0 Å².